The number of rotatable bonds is 1. The van der Waals surface area contributed by atoms with E-state index in [0.29, 0.717) is 0 Å². The molecule has 0 saturated carbocycles. The molecule has 8 heteroatoms. The Kier molecular flexibility index (Phi) is 5.92. The fourth-order valence-electron chi connectivity index (χ4n) is 2.05. The Balaban J connectivity index is 0.000000185. The van der Waals surface area contributed by atoms with Gasteiger partial charge in [0, 0.05) is 15.9 Å². The van der Waals surface area contributed by atoms with Crippen molar-refractivity contribution < 1.29 is 18.0 Å². The molecule has 0 spiro atoms. The molecule has 1 atom stereocenters. The van der Waals surface area contributed by atoms with Crippen molar-refractivity contribution in [2.24, 2.45) is 5.92 Å². The lowest BCUT2D eigenvalue weighted by atomic mass is 9.94. The summed E-state index contributed by atoms with van der Waals surface area (Å²) in [6.45, 7) is 0. The predicted octanol–water partition coefficient (Wildman–Crippen LogP) is 2.04. The Hall–Kier alpha value is -1.70. The Morgan fingerprint density at radius 2 is 1.83 bits per heavy atom. The minimum Gasteiger partial charge on any atom is -0.292 e. The van der Waals surface area contributed by atoms with E-state index in [1.54, 1.807) is 0 Å². The topological polar surface area (TPSA) is 80.3 Å². The van der Waals surface area contributed by atoms with Crippen molar-refractivity contribution in [2.45, 2.75) is 5.33 Å². The molecule has 1 N–H and O–H groups in total. The first-order valence-electron chi connectivity index (χ1n) is 6.44. The number of hydrogen-bond donors (Lipinski definition) is 1. The van der Waals surface area contributed by atoms with Crippen LogP contribution in [0.3, 0.4) is 0 Å². The van der Waals surface area contributed by atoms with Crippen LogP contribution in [-0.2, 0) is 25.2 Å². The maximum absolute atomic E-state index is 11.2. The average molecular weight is 417 g/mol. The number of alkyl halides is 1. The number of carbonyl (C=O) groups excluding carboxylic acids is 2. The van der Waals surface area contributed by atoms with Gasteiger partial charge in [0.15, 0.2) is 0 Å². The lowest BCUT2D eigenvalue weighted by Gasteiger charge is -2.07. The molecule has 5 nitrogen and oxygen atoms in total. The van der Waals surface area contributed by atoms with Gasteiger partial charge in [0.1, 0.15) is 5.92 Å². The molecule has 23 heavy (non-hydrogen) atoms. The number of imide groups is 1. The Morgan fingerprint density at radius 1 is 1.17 bits per heavy atom. The van der Waals surface area contributed by atoms with Gasteiger partial charge in [-0.3, -0.25) is 14.9 Å². The van der Waals surface area contributed by atoms with Gasteiger partial charge in [0.2, 0.25) is 16.2 Å². The van der Waals surface area contributed by atoms with Crippen LogP contribution in [-0.4, -0.2) is 25.1 Å². The van der Waals surface area contributed by atoms with Gasteiger partial charge in [-0.15, -0.1) is 0 Å². The molecule has 3 rings (SSSR count). The predicted molar refractivity (Wildman–Crippen MR) is 91.9 cm³/mol. The molecule has 2 amide bonds. The molecule has 0 bridgehead atoms. The van der Waals surface area contributed by atoms with Crippen LogP contribution < -0.4 is 5.32 Å². The molecule has 1 fully saturated rings. The highest BCUT2D eigenvalue weighted by Crippen LogP contribution is 2.23. The van der Waals surface area contributed by atoms with E-state index in [2.05, 4.69) is 21.2 Å². The molecule has 1 aliphatic carbocycles. The van der Waals surface area contributed by atoms with Crippen molar-refractivity contribution in [3.63, 3.8) is 0 Å². The van der Waals surface area contributed by atoms with Crippen molar-refractivity contribution in [1.82, 2.24) is 5.32 Å². The average Bonchev–Trinajstić information content (AvgIpc) is 2.83. The minimum absolute atomic E-state index is 0.0640. The SMILES string of the molecule is Clc1ccc(CBr)cc1.O=C1NC(=O)C2C1=CC=CC2=S(=O)=O. The van der Waals surface area contributed by atoms with Crippen LogP contribution in [0.25, 0.3) is 0 Å². The maximum Gasteiger partial charge on any atom is 0.254 e. The Bertz CT molecular complexity index is 833. The van der Waals surface area contributed by atoms with Gasteiger partial charge in [-0.25, -0.2) is 0 Å². The second-order valence-corrected chi connectivity index (χ2v) is 6.57. The number of fused-ring (bicyclic) bond motifs is 1. The zero-order valence-electron chi connectivity index (χ0n) is 11.6. The smallest absolute Gasteiger partial charge is 0.254 e. The molecule has 120 valence electrons. The largest absolute Gasteiger partial charge is 0.292 e. The summed E-state index contributed by atoms with van der Waals surface area (Å²) in [7, 11) is -2.47. The summed E-state index contributed by atoms with van der Waals surface area (Å²) in [4.78, 5) is 22.3. The molecule has 1 aromatic rings. The standard InChI is InChI=1S/C8H5NO4S.C7H6BrCl/c10-7-4-2-1-3-5(14(12)13)6(4)8(11)9-7;8-5-6-1-3-7(9)4-2-6/h1-3,6H,(H,9,10,11);1-4H,5H2. The Labute approximate surface area is 147 Å². The van der Waals surface area contributed by atoms with E-state index in [9.17, 15) is 18.0 Å². The summed E-state index contributed by atoms with van der Waals surface area (Å²) in [6.07, 6.45) is 4.20. The van der Waals surface area contributed by atoms with Crippen molar-refractivity contribution in [3.8, 4) is 0 Å². The van der Waals surface area contributed by atoms with E-state index in [0.717, 1.165) is 10.4 Å². The van der Waals surface area contributed by atoms with E-state index in [-0.39, 0.29) is 10.4 Å². The number of nitrogens with one attached hydrogen (secondary N) is 1. The van der Waals surface area contributed by atoms with E-state index >= 15 is 0 Å². The number of amides is 2. The molecule has 0 radical (unpaired) electrons. The summed E-state index contributed by atoms with van der Waals surface area (Å²) in [5.41, 5.74) is 1.44. The summed E-state index contributed by atoms with van der Waals surface area (Å²) in [5.74, 6) is -2.05. The zero-order chi connectivity index (χ0) is 17.0. The molecule has 0 aromatic heterocycles. The first kappa shape index (κ1) is 17.7. The van der Waals surface area contributed by atoms with Crippen LogP contribution in [0.1, 0.15) is 5.56 Å². The van der Waals surface area contributed by atoms with Gasteiger partial charge >= 0.3 is 0 Å². The van der Waals surface area contributed by atoms with Gasteiger partial charge in [0.25, 0.3) is 5.91 Å². The molecule has 1 saturated heterocycles. The first-order valence-corrected chi connectivity index (χ1v) is 9.01. The van der Waals surface area contributed by atoms with Crippen LogP contribution in [0, 0.1) is 5.92 Å². The van der Waals surface area contributed by atoms with Gasteiger partial charge in [-0.05, 0) is 23.8 Å². The summed E-state index contributed by atoms with van der Waals surface area (Å²) in [5, 5.41) is 3.75. The third kappa shape index (κ3) is 4.19. The summed E-state index contributed by atoms with van der Waals surface area (Å²) in [6, 6.07) is 7.77. The second kappa shape index (κ2) is 7.72. The fraction of sp³-hybridized carbons (Fsp3) is 0.133. The number of allylic oxidation sites excluding steroid dienone is 3. The van der Waals surface area contributed by atoms with Crippen molar-refractivity contribution in [2.75, 3.05) is 0 Å². The lowest BCUT2D eigenvalue weighted by molar-refractivity contribution is -0.124. The van der Waals surface area contributed by atoms with Crippen LogP contribution in [0.2, 0.25) is 5.02 Å². The van der Waals surface area contributed by atoms with Crippen LogP contribution in [0.4, 0.5) is 0 Å². The molecular formula is C15H11BrClNO4S. The van der Waals surface area contributed by atoms with Crippen LogP contribution in [0.5, 0.6) is 0 Å². The summed E-state index contributed by atoms with van der Waals surface area (Å²) >= 11 is 8.99. The zero-order valence-corrected chi connectivity index (χ0v) is 14.8. The minimum atomic E-state index is -2.47. The van der Waals surface area contributed by atoms with E-state index in [4.69, 9.17) is 11.6 Å². The number of hydrogen-bond acceptors (Lipinski definition) is 4. The highest BCUT2D eigenvalue weighted by atomic mass is 79.9. The lowest BCUT2D eigenvalue weighted by Crippen LogP contribution is -2.26. The number of halogens is 2. The molecule has 1 aliphatic heterocycles. The Morgan fingerprint density at radius 3 is 2.39 bits per heavy atom. The normalized spacial score (nSPS) is 18.6. The van der Waals surface area contributed by atoms with Crippen molar-refractivity contribution in [1.29, 1.82) is 0 Å². The van der Waals surface area contributed by atoms with Crippen LogP contribution >= 0.6 is 27.5 Å². The molecule has 1 aromatic carbocycles. The molecule has 1 unspecified atom stereocenters. The molecule has 1 heterocycles. The van der Waals surface area contributed by atoms with E-state index < -0.39 is 28.0 Å². The third-order valence-electron chi connectivity index (χ3n) is 3.15. The van der Waals surface area contributed by atoms with Gasteiger partial charge in [0.05, 0.1) is 4.86 Å². The quantitative estimate of drug-likeness (QED) is 0.432. The van der Waals surface area contributed by atoms with Gasteiger partial charge in [-0.1, -0.05) is 51.8 Å². The highest BCUT2D eigenvalue weighted by Gasteiger charge is 2.40. The van der Waals surface area contributed by atoms with Crippen molar-refractivity contribution in [3.05, 3.63) is 58.7 Å². The fourth-order valence-corrected chi connectivity index (χ4v) is 3.17. The van der Waals surface area contributed by atoms with E-state index in [1.165, 1.54) is 23.8 Å². The third-order valence-corrected chi connectivity index (χ3v) is 4.81. The van der Waals surface area contributed by atoms with Crippen LogP contribution in [0.15, 0.2) is 48.1 Å². The number of carbonyl (C=O) groups is 2. The molecular weight excluding hydrogens is 406 g/mol. The second-order valence-electron chi connectivity index (χ2n) is 4.63. The summed E-state index contributed by atoms with van der Waals surface area (Å²) < 4.78 is 21.5. The van der Waals surface area contributed by atoms with Gasteiger partial charge < -0.3 is 0 Å². The van der Waals surface area contributed by atoms with Crippen molar-refractivity contribution >= 4 is 54.5 Å². The van der Waals surface area contributed by atoms with E-state index in [1.807, 2.05) is 24.3 Å². The highest BCUT2D eigenvalue weighted by molar-refractivity contribution is 9.08. The first-order chi connectivity index (χ1) is 10.9. The maximum atomic E-state index is 11.2. The molecule has 2 aliphatic rings. The number of benzene rings is 1. The van der Waals surface area contributed by atoms with Gasteiger partial charge in [-0.2, -0.15) is 8.42 Å². The monoisotopic (exact) mass is 415 g/mol.